The fourth-order valence-electron chi connectivity index (χ4n) is 0.604. The molecule has 0 radical (unpaired) electrons. The number of carboxylic acids is 1. The van der Waals surface area contributed by atoms with Gasteiger partial charge in [0.1, 0.15) is 19.3 Å². The third-order valence-electron chi connectivity index (χ3n) is 1.25. The standard InChI is InChI=1S/C7H10F3NO4/c1-4(6(13)14)11-5(12)2-15-3-7(8,9)10/h4H,2-3H2,1H3,(H,11,12)(H,13,14)/t4-/m1/s1. The van der Waals surface area contributed by atoms with Gasteiger partial charge in [-0.05, 0) is 6.92 Å². The van der Waals surface area contributed by atoms with Crippen molar-refractivity contribution in [1.29, 1.82) is 0 Å². The number of hydrogen-bond donors (Lipinski definition) is 2. The number of carboxylic acid groups (broad SMARTS) is 1. The predicted molar refractivity (Wildman–Crippen MR) is 42.1 cm³/mol. The summed E-state index contributed by atoms with van der Waals surface area (Å²) in [6.07, 6.45) is -4.50. The second kappa shape index (κ2) is 5.54. The van der Waals surface area contributed by atoms with Crippen molar-refractivity contribution in [1.82, 2.24) is 5.32 Å². The number of halogens is 3. The average molecular weight is 229 g/mol. The van der Waals surface area contributed by atoms with E-state index in [1.165, 1.54) is 6.92 Å². The summed E-state index contributed by atoms with van der Waals surface area (Å²) in [6.45, 7) is -1.18. The van der Waals surface area contributed by atoms with Gasteiger partial charge in [-0.15, -0.1) is 0 Å². The molecule has 88 valence electrons. The highest BCUT2D eigenvalue weighted by Gasteiger charge is 2.28. The Morgan fingerprint density at radius 2 is 2.00 bits per heavy atom. The first-order valence-electron chi connectivity index (χ1n) is 3.89. The maximum Gasteiger partial charge on any atom is 0.411 e. The summed E-state index contributed by atoms with van der Waals surface area (Å²) in [5.41, 5.74) is 0. The Labute approximate surface area is 83.2 Å². The van der Waals surface area contributed by atoms with Gasteiger partial charge in [-0.1, -0.05) is 0 Å². The van der Waals surface area contributed by atoms with Crippen LogP contribution in [0, 0.1) is 0 Å². The lowest BCUT2D eigenvalue weighted by Crippen LogP contribution is -2.40. The minimum atomic E-state index is -4.50. The monoisotopic (exact) mass is 229 g/mol. The van der Waals surface area contributed by atoms with E-state index in [2.05, 4.69) is 4.74 Å². The zero-order valence-corrected chi connectivity index (χ0v) is 7.80. The molecule has 0 rings (SSSR count). The summed E-state index contributed by atoms with van der Waals surface area (Å²) in [4.78, 5) is 21.0. The SMILES string of the molecule is C[C@@H](NC(=O)COCC(F)(F)F)C(=O)O. The summed E-state index contributed by atoms with van der Waals surface area (Å²) >= 11 is 0. The highest BCUT2D eigenvalue weighted by Crippen LogP contribution is 2.13. The Morgan fingerprint density at radius 3 is 2.40 bits per heavy atom. The molecule has 0 bridgehead atoms. The van der Waals surface area contributed by atoms with E-state index in [1.807, 2.05) is 5.32 Å². The molecule has 0 spiro atoms. The number of rotatable bonds is 5. The van der Waals surface area contributed by atoms with Crippen molar-refractivity contribution < 1.29 is 32.6 Å². The number of aliphatic carboxylic acids is 1. The van der Waals surface area contributed by atoms with Crippen molar-refractivity contribution in [2.75, 3.05) is 13.2 Å². The first kappa shape index (κ1) is 13.7. The molecule has 8 heteroatoms. The van der Waals surface area contributed by atoms with Crippen LogP contribution in [-0.2, 0) is 14.3 Å². The zero-order chi connectivity index (χ0) is 12.1. The highest BCUT2D eigenvalue weighted by atomic mass is 19.4. The molecule has 0 aliphatic heterocycles. The summed E-state index contributed by atoms with van der Waals surface area (Å²) in [7, 11) is 0. The van der Waals surface area contributed by atoms with Gasteiger partial charge in [0.05, 0.1) is 0 Å². The smallest absolute Gasteiger partial charge is 0.411 e. The molecule has 0 aromatic carbocycles. The van der Waals surface area contributed by atoms with Crippen LogP contribution in [0.5, 0.6) is 0 Å². The van der Waals surface area contributed by atoms with E-state index in [4.69, 9.17) is 5.11 Å². The molecular weight excluding hydrogens is 219 g/mol. The first-order chi connectivity index (χ1) is 6.72. The van der Waals surface area contributed by atoms with Gasteiger partial charge >= 0.3 is 12.1 Å². The summed E-state index contributed by atoms with van der Waals surface area (Å²) in [5.74, 6) is -2.19. The molecule has 1 amide bonds. The summed E-state index contributed by atoms with van der Waals surface area (Å²) < 4.78 is 38.6. The summed E-state index contributed by atoms with van der Waals surface area (Å²) in [6, 6.07) is -1.16. The number of carbonyl (C=O) groups is 2. The number of alkyl halides is 3. The molecule has 5 nitrogen and oxygen atoms in total. The van der Waals surface area contributed by atoms with Gasteiger partial charge in [0, 0.05) is 0 Å². The fraction of sp³-hybridized carbons (Fsp3) is 0.714. The van der Waals surface area contributed by atoms with E-state index in [9.17, 15) is 22.8 Å². The molecule has 0 aliphatic rings. The van der Waals surface area contributed by atoms with Crippen LogP contribution in [-0.4, -0.2) is 42.4 Å². The van der Waals surface area contributed by atoms with E-state index in [0.29, 0.717) is 0 Å². The van der Waals surface area contributed by atoms with Gasteiger partial charge < -0.3 is 15.2 Å². The van der Waals surface area contributed by atoms with Crippen molar-refractivity contribution >= 4 is 11.9 Å². The minimum absolute atomic E-state index is 0.822. The number of nitrogens with one attached hydrogen (secondary N) is 1. The van der Waals surface area contributed by atoms with Crippen LogP contribution in [0.1, 0.15) is 6.92 Å². The Balaban J connectivity index is 3.72. The van der Waals surface area contributed by atoms with E-state index < -0.39 is 37.3 Å². The summed E-state index contributed by atoms with van der Waals surface area (Å²) in [5, 5.41) is 10.3. The molecular formula is C7H10F3NO4. The topological polar surface area (TPSA) is 75.6 Å². The Kier molecular flexibility index (Phi) is 5.06. The number of amides is 1. The predicted octanol–water partition coefficient (Wildman–Crippen LogP) is 0.155. The molecule has 15 heavy (non-hydrogen) atoms. The van der Waals surface area contributed by atoms with Crippen LogP contribution in [0.2, 0.25) is 0 Å². The van der Waals surface area contributed by atoms with Crippen molar-refractivity contribution in [2.24, 2.45) is 0 Å². The van der Waals surface area contributed by atoms with Crippen LogP contribution in [0.15, 0.2) is 0 Å². The third-order valence-corrected chi connectivity index (χ3v) is 1.25. The lowest BCUT2D eigenvalue weighted by Gasteiger charge is -2.10. The van der Waals surface area contributed by atoms with Crippen LogP contribution >= 0.6 is 0 Å². The van der Waals surface area contributed by atoms with Crippen molar-refractivity contribution in [3.8, 4) is 0 Å². The van der Waals surface area contributed by atoms with Crippen LogP contribution in [0.4, 0.5) is 13.2 Å². The van der Waals surface area contributed by atoms with Gasteiger partial charge in [-0.2, -0.15) is 13.2 Å². The van der Waals surface area contributed by atoms with Crippen LogP contribution < -0.4 is 5.32 Å². The molecule has 0 saturated carbocycles. The van der Waals surface area contributed by atoms with Gasteiger partial charge in [0.2, 0.25) is 5.91 Å². The van der Waals surface area contributed by atoms with Crippen molar-refractivity contribution in [2.45, 2.75) is 19.1 Å². The molecule has 2 N–H and O–H groups in total. The number of carbonyl (C=O) groups excluding carboxylic acids is 1. The van der Waals surface area contributed by atoms with Crippen molar-refractivity contribution in [3.05, 3.63) is 0 Å². The van der Waals surface area contributed by atoms with Gasteiger partial charge in [-0.25, -0.2) is 0 Å². The average Bonchev–Trinajstić information content (AvgIpc) is 2.01. The zero-order valence-electron chi connectivity index (χ0n) is 7.80. The quantitative estimate of drug-likeness (QED) is 0.703. The molecule has 0 saturated heterocycles. The lowest BCUT2D eigenvalue weighted by atomic mass is 10.3. The lowest BCUT2D eigenvalue weighted by molar-refractivity contribution is -0.176. The fourth-order valence-corrected chi connectivity index (χ4v) is 0.604. The normalized spacial score (nSPS) is 13.3. The molecule has 0 heterocycles. The van der Waals surface area contributed by atoms with Crippen LogP contribution in [0.25, 0.3) is 0 Å². The highest BCUT2D eigenvalue weighted by molar-refractivity contribution is 5.83. The molecule has 0 unspecified atom stereocenters. The van der Waals surface area contributed by atoms with E-state index in [0.717, 1.165) is 0 Å². The van der Waals surface area contributed by atoms with Crippen molar-refractivity contribution in [3.63, 3.8) is 0 Å². The molecule has 0 aromatic rings. The molecule has 0 fully saturated rings. The molecule has 1 atom stereocenters. The largest absolute Gasteiger partial charge is 0.480 e. The maximum atomic E-state index is 11.5. The first-order valence-corrected chi connectivity index (χ1v) is 3.89. The molecule has 0 aromatic heterocycles. The second-order valence-electron chi connectivity index (χ2n) is 2.74. The maximum absolute atomic E-state index is 11.5. The number of ether oxygens (including phenoxy) is 1. The van der Waals surface area contributed by atoms with E-state index >= 15 is 0 Å². The number of hydrogen-bond acceptors (Lipinski definition) is 3. The second-order valence-corrected chi connectivity index (χ2v) is 2.74. The minimum Gasteiger partial charge on any atom is -0.480 e. The van der Waals surface area contributed by atoms with E-state index in [-0.39, 0.29) is 0 Å². The molecule has 0 aliphatic carbocycles. The van der Waals surface area contributed by atoms with Gasteiger partial charge in [0.15, 0.2) is 0 Å². The van der Waals surface area contributed by atoms with Crippen LogP contribution in [0.3, 0.4) is 0 Å². The third kappa shape index (κ3) is 7.74. The van der Waals surface area contributed by atoms with Gasteiger partial charge in [0.25, 0.3) is 0 Å². The Bertz CT molecular complexity index is 241. The van der Waals surface area contributed by atoms with Gasteiger partial charge in [-0.3, -0.25) is 9.59 Å². The van der Waals surface area contributed by atoms with E-state index in [1.54, 1.807) is 0 Å². The Hall–Kier alpha value is -1.31. The Morgan fingerprint density at radius 1 is 1.47 bits per heavy atom.